The monoisotopic (exact) mass is 177 g/mol. The van der Waals surface area contributed by atoms with Crippen LogP contribution in [0.5, 0.6) is 0 Å². The molecule has 0 spiro atoms. The molecule has 0 radical (unpaired) electrons. The predicted molar refractivity (Wildman–Crippen MR) is 37.6 cm³/mol. The van der Waals surface area contributed by atoms with Crippen LogP contribution >= 0.6 is 0 Å². The Morgan fingerprint density at radius 2 is 2.08 bits per heavy atom. The summed E-state index contributed by atoms with van der Waals surface area (Å²) in [5.41, 5.74) is 0. The summed E-state index contributed by atoms with van der Waals surface area (Å²) in [6, 6.07) is 0. The Morgan fingerprint density at radius 3 is 2.50 bits per heavy atom. The molecular weight excluding hydrogens is 166 g/mol. The smallest absolute Gasteiger partial charge is 0.446 e. The topological polar surface area (TPSA) is 65.1 Å². The normalized spacial score (nSPS) is 8.83. The average Bonchev–Trinajstić information content (AvgIpc) is 2.04. The minimum Gasteiger partial charge on any atom is -0.446 e. The first-order chi connectivity index (χ1) is 5.76. The molecule has 0 rings (SSSR count). The second-order valence-electron chi connectivity index (χ2n) is 1.58. The lowest BCUT2D eigenvalue weighted by atomic mass is 10.9. The maximum absolute atomic E-state index is 10.8. The summed E-state index contributed by atoms with van der Waals surface area (Å²) in [6.45, 7) is 3.73. The fraction of sp³-hybridized carbons (Fsp3) is 0.667. The van der Waals surface area contributed by atoms with Gasteiger partial charge in [-0.05, 0) is 13.8 Å². The zero-order valence-corrected chi connectivity index (χ0v) is 6.98. The SMILES string of the molecule is CCOC(=O)N(OC=O)OCC. The van der Waals surface area contributed by atoms with E-state index in [1.807, 2.05) is 0 Å². The third-order valence-corrected chi connectivity index (χ3v) is 0.802. The molecule has 0 heterocycles. The first kappa shape index (κ1) is 10.7. The van der Waals surface area contributed by atoms with Crippen molar-refractivity contribution in [3.05, 3.63) is 0 Å². The van der Waals surface area contributed by atoms with Gasteiger partial charge in [0.1, 0.15) is 0 Å². The Labute approximate surface area is 69.9 Å². The molecule has 0 N–H and O–H groups in total. The molecule has 0 aromatic rings. The summed E-state index contributed by atoms with van der Waals surface area (Å²) in [5, 5.41) is 0.385. The quantitative estimate of drug-likeness (QED) is 0.451. The van der Waals surface area contributed by atoms with Crippen LogP contribution in [0, 0.1) is 0 Å². The van der Waals surface area contributed by atoms with Gasteiger partial charge >= 0.3 is 12.6 Å². The number of hydroxylamine groups is 2. The number of nitrogens with zero attached hydrogens (tertiary/aromatic N) is 1. The summed E-state index contributed by atoms with van der Waals surface area (Å²) in [4.78, 5) is 29.4. The Kier molecular flexibility index (Phi) is 5.72. The van der Waals surface area contributed by atoms with Gasteiger partial charge in [-0.15, -0.1) is 0 Å². The summed E-state index contributed by atoms with van der Waals surface area (Å²) >= 11 is 0. The van der Waals surface area contributed by atoms with Gasteiger partial charge in [0.05, 0.1) is 13.2 Å². The molecular formula is C6H11NO5. The van der Waals surface area contributed by atoms with Gasteiger partial charge in [-0.1, -0.05) is 0 Å². The molecule has 0 aliphatic rings. The van der Waals surface area contributed by atoms with Gasteiger partial charge in [0.15, 0.2) is 0 Å². The van der Waals surface area contributed by atoms with Gasteiger partial charge in [-0.25, -0.2) is 9.63 Å². The van der Waals surface area contributed by atoms with Crippen LogP contribution in [0.3, 0.4) is 0 Å². The maximum atomic E-state index is 10.8. The lowest BCUT2D eigenvalue weighted by Crippen LogP contribution is -2.31. The van der Waals surface area contributed by atoms with Crippen molar-refractivity contribution >= 4 is 12.6 Å². The van der Waals surface area contributed by atoms with Gasteiger partial charge in [0.2, 0.25) is 0 Å². The first-order valence-electron chi connectivity index (χ1n) is 3.46. The van der Waals surface area contributed by atoms with E-state index in [2.05, 4.69) is 14.4 Å². The van der Waals surface area contributed by atoms with E-state index >= 15 is 0 Å². The van der Waals surface area contributed by atoms with Crippen molar-refractivity contribution in [2.75, 3.05) is 13.2 Å². The minimum atomic E-state index is -0.855. The third-order valence-electron chi connectivity index (χ3n) is 0.802. The highest BCUT2D eigenvalue weighted by Crippen LogP contribution is 1.95. The zero-order chi connectivity index (χ0) is 9.40. The number of carbonyl (C=O) groups excluding carboxylic acids is 2. The standard InChI is InChI=1S/C6H11NO5/c1-3-10-6(9)7(11-4-2)12-5-8/h5H,3-4H2,1-2H3. The highest BCUT2D eigenvalue weighted by Gasteiger charge is 2.16. The van der Waals surface area contributed by atoms with E-state index in [1.54, 1.807) is 13.8 Å². The van der Waals surface area contributed by atoms with Crippen molar-refractivity contribution in [1.82, 2.24) is 5.23 Å². The molecule has 0 aromatic heterocycles. The Morgan fingerprint density at radius 1 is 1.42 bits per heavy atom. The zero-order valence-electron chi connectivity index (χ0n) is 6.98. The number of amides is 1. The van der Waals surface area contributed by atoms with Gasteiger partial charge in [0.25, 0.3) is 0 Å². The van der Waals surface area contributed by atoms with Crippen molar-refractivity contribution in [3.8, 4) is 0 Å². The molecule has 12 heavy (non-hydrogen) atoms. The van der Waals surface area contributed by atoms with Crippen molar-refractivity contribution in [2.45, 2.75) is 13.8 Å². The molecule has 6 heteroatoms. The number of ether oxygens (including phenoxy) is 1. The number of rotatable bonds is 5. The Bertz CT molecular complexity index is 149. The largest absolute Gasteiger partial charge is 0.469 e. The van der Waals surface area contributed by atoms with Gasteiger partial charge in [-0.2, -0.15) is 0 Å². The van der Waals surface area contributed by atoms with Crippen LogP contribution in [0.4, 0.5) is 4.79 Å². The highest BCUT2D eigenvalue weighted by atomic mass is 17.0. The number of hydrogen-bond acceptors (Lipinski definition) is 5. The third kappa shape index (κ3) is 3.77. The Hall–Kier alpha value is -1.30. The fourth-order valence-corrected chi connectivity index (χ4v) is 0.459. The van der Waals surface area contributed by atoms with E-state index in [0.29, 0.717) is 5.23 Å². The second-order valence-corrected chi connectivity index (χ2v) is 1.58. The van der Waals surface area contributed by atoms with Crippen LogP contribution in [0.25, 0.3) is 0 Å². The van der Waals surface area contributed by atoms with E-state index < -0.39 is 6.09 Å². The molecule has 0 bridgehead atoms. The van der Waals surface area contributed by atoms with Crippen molar-refractivity contribution < 1.29 is 24.0 Å². The average molecular weight is 177 g/mol. The van der Waals surface area contributed by atoms with Crippen LogP contribution in [0.15, 0.2) is 0 Å². The van der Waals surface area contributed by atoms with Crippen molar-refractivity contribution in [2.24, 2.45) is 0 Å². The molecule has 0 aliphatic carbocycles. The minimum absolute atomic E-state index is 0.0760. The molecule has 0 saturated carbocycles. The molecule has 0 unspecified atom stereocenters. The molecule has 6 nitrogen and oxygen atoms in total. The lowest BCUT2D eigenvalue weighted by molar-refractivity contribution is -0.306. The molecule has 70 valence electrons. The highest BCUT2D eigenvalue weighted by molar-refractivity contribution is 5.65. The molecule has 0 fully saturated rings. The maximum Gasteiger partial charge on any atom is 0.469 e. The van der Waals surface area contributed by atoms with Gasteiger partial charge in [0, 0.05) is 5.23 Å². The van der Waals surface area contributed by atoms with Gasteiger partial charge < -0.3 is 9.57 Å². The molecule has 0 atom stereocenters. The van der Waals surface area contributed by atoms with Crippen LogP contribution in [-0.2, 0) is 19.2 Å². The predicted octanol–water partition coefficient (Wildman–Crippen LogP) is 0.484. The van der Waals surface area contributed by atoms with E-state index in [-0.39, 0.29) is 19.7 Å². The van der Waals surface area contributed by atoms with Crippen molar-refractivity contribution in [1.29, 1.82) is 0 Å². The van der Waals surface area contributed by atoms with Crippen LogP contribution in [0.2, 0.25) is 0 Å². The van der Waals surface area contributed by atoms with E-state index in [0.717, 1.165) is 0 Å². The molecule has 0 aliphatic heterocycles. The molecule has 0 aromatic carbocycles. The van der Waals surface area contributed by atoms with Crippen molar-refractivity contribution in [3.63, 3.8) is 0 Å². The number of hydrogen-bond donors (Lipinski definition) is 0. The van der Waals surface area contributed by atoms with E-state index in [9.17, 15) is 9.59 Å². The lowest BCUT2D eigenvalue weighted by Gasteiger charge is -2.15. The van der Waals surface area contributed by atoms with E-state index in [1.165, 1.54) is 0 Å². The van der Waals surface area contributed by atoms with Gasteiger partial charge in [-0.3, -0.25) is 4.79 Å². The van der Waals surface area contributed by atoms with Crippen LogP contribution in [0.1, 0.15) is 13.8 Å². The molecule has 0 saturated heterocycles. The summed E-state index contributed by atoms with van der Waals surface area (Å²) in [7, 11) is 0. The second kappa shape index (κ2) is 6.41. The summed E-state index contributed by atoms with van der Waals surface area (Å²) in [6.07, 6.45) is -0.855. The molecule has 1 amide bonds. The number of carbonyl (C=O) groups is 2. The summed E-state index contributed by atoms with van der Waals surface area (Å²) in [5.74, 6) is 0. The first-order valence-corrected chi connectivity index (χ1v) is 3.46. The Balaban J connectivity index is 3.89. The fourth-order valence-electron chi connectivity index (χ4n) is 0.459. The van der Waals surface area contributed by atoms with Crippen LogP contribution < -0.4 is 0 Å². The van der Waals surface area contributed by atoms with E-state index in [4.69, 9.17) is 0 Å². The summed E-state index contributed by atoms with van der Waals surface area (Å²) < 4.78 is 4.49. The van der Waals surface area contributed by atoms with Crippen LogP contribution in [-0.4, -0.2) is 31.0 Å².